The van der Waals surface area contributed by atoms with E-state index in [9.17, 15) is 14.4 Å². The number of aromatic amines is 1. The number of amides is 1. The minimum absolute atomic E-state index is 0.0176. The number of carbonyl (C=O) groups is 1. The highest BCUT2D eigenvalue weighted by Crippen LogP contribution is 2.30. The molecule has 1 aromatic carbocycles. The monoisotopic (exact) mass is 426 g/mol. The summed E-state index contributed by atoms with van der Waals surface area (Å²) in [6.07, 6.45) is 0.666. The van der Waals surface area contributed by atoms with Gasteiger partial charge < -0.3 is 14.8 Å². The molecule has 0 aliphatic carbocycles. The quantitative estimate of drug-likeness (QED) is 0.600. The maximum Gasteiger partial charge on any atom is 0.329 e. The summed E-state index contributed by atoms with van der Waals surface area (Å²) >= 11 is 0. The number of benzene rings is 1. The van der Waals surface area contributed by atoms with Gasteiger partial charge in [0, 0.05) is 18.3 Å². The molecule has 0 spiro atoms. The van der Waals surface area contributed by atoms with Crippen molar-refractivity contribution in [3.63, 3.8) is 0 Å². The zero-order valence-electron chi connectivity index (χ0n) is 18.2. The number of rotatable bonds is 7. The Morgan fingerprint density at radius 1 is 1.19 bits per heavy atom. The lowest BCUT2D eigenvalue weighted by Crippen LogP contribution is -2.32. The number of H-pyrrole nitrogens is 1. The third-order valence-corrected chi connectivity index (χ3v) is 4.91. The van der Waals surface area contributed by atoms with Crippen molar-refractivity contribution in [2.75, 3.05) is 19.5 Å². The van der Waals surface area contributed by atoms with E-state index in [4.69, 9.17) is 9.47 Å². The number of carbonyl (C=O) groups excluding carboxylic acids is 1. The first-order valence-corrected chi connectivity index (χ1v) is 10.0. The van der Waals surface area contributed by atoms with Crippen LogP contribution in [0, 0.1) is 0 Å². The molecule has 0 unspecified atom stereocenters. The normalized spacial score (nSPS) is 11.0. The smallest absolute Gasteiger partial charge is 0.329 e. The number of aromatic nitrogens is 3. The van der Waals surface area contributed by atoms with Crippen molar-refractivity contribution < 1.29 is 14.3 Å². The molecule has 164 valence electrons. The molecule has 0 aliphatic rings. The van der Waals surface area contributed by atoms with Crippen LogP contribution in [-0.4, -0.2) is 34.7 Å². The molecule has 0 saturated heterocycles. The number of ether oxygens (including phenoxy) is 2. The van der Waals surface area contributed by atoms with Crippen molar-refractivity contribution in [1.82, 2.24) is 14.5 Å². The number of nitrogens with one attached hydrogen (secondary N) is 2. The van der Waals surface area contributed by atoms with Crippen LogP contribution in [-0.2, 0) is 6.54 Å². The molecule has 2 aromatic heterocycles. The van der Waals surface area contributed by atoms with Crippen LogP contribution in [0.3, 0.4) is 0 Å². The van der Waals surface area contributed by atoms with Gasteiger partial charge >= 0.3 is 5.69 Å². The lowest BCUT2D eigenvalue weighted by atomic mass is 10.0. The Kier molecular flexibility index (Phi) is 6.43. The Hall–Kier alpha value is -3.62. The van der Waals surface area contributed by atoms with E-state index < -0.39 is 17.2 Å². The largest absolute Gasteiger partial charge is 0.497 e. The Morgan fingerprint density at radius 3 is 2.55 bits per heavy atom. The number of hydrogen-bond donors (Lipinski definition) is 2. The van der Waals surface area contributed by atoms with Gasteiger partial charge in [0.2, 0.25) is 0 Å². The minimum Gasteiger partial charge on any atom is -0.497 e. The van der Waals surface area contributed by atoms with E-state index in [0.717, 1.165) is 0 Å². The van der Waals surface area contributed by atoms with Crippen LogP contribution in [0.1, 0.15) is 49.2 Å². The van der Waals surface area contributed by atoms with Crippen LogP contribution < -0.4 is 26.0 Å². The zero-order valence-corrected chi connectivity index (χ0v) is 18.2. The van der Waals surface area contributed by atoms with Gasteiger partial charge in [-0.3, -0.25) is 19.1 Å². The second-order valence-electron chi connectivity index (χ2n) is 7.38. The van der Waals surface area contributed by atoms with E-state index in [1.165, 1.54) is 18.8 Å². The second-order valence-corrected chi connectivity index (χ2v) is 7.38. The molecule has 1 amide bonds. The first-order chi connectivity index (χ1) is 14.8. The molecule has 31 heavy (non-hydrogen) atoms. The SMILES string of the molecule is CCCn1c(=O)[nH]c(=O)c2c(C(=O)Nc3ccc(OC)cc3OC)cc(C(C)C)nc21. The summed E-state index contributed by atoms with van der Waals surface area (Å²) in [4.78, 5) is 45.2. The number of nitrogens with zero attached hydrogens (tertiary/aromatic N) is 2. The lowest BCUT2D eigenvalue weighted by molar-refractivity contribution is 0.102. The summed E-state index contributed by atoms with van der Waals surface area (Å²) in [7, 11) is 3.02. The summed E-state index contributed by atoms with van der Waals surface area (Å²) < 4.78 is 11.9. The maximum absolute atomic E-state index is 13.3. The van der Waals surface area contributed by atoms with E-state index in [0.29, 0.717) is 35.8 Å². The average molecular weight is 426 g/mol. The van der Waals surface area contributed by atoms with Crippen molar-refractivity contribution in [3.05, 3.63) is 56.4 Å². The summed E-state index contributed by atoms with van der Waals surface area (Å²) in [6, 6.07) is 6.58. The number of fused-ring (bicyclic) bond motifs is 1. The third-order valence-electron chi connectivity index (χ3n) is 4.91. The summed E-state index contributed by atoms with van der Waals surface area (Å²) in [5.41, 5.74) is 0.168. The fourth-order valence-corrected chi connectivity index (χ4v) is 3.29. The van der Waals surface area contributed by atoms with E-state index in [1.807, 2.05) is 20.8 Å². The molecular weight excluding hydrogens is 400 g/mol. The lowest BCUT2D eigenvalue weighted by Gasteiger charge is -2.15. The van der Waals surface area contributed by atoms with Gasteiger partial charge in [-0.1, -0.05) is 20.8 Å². The Balaban J connectivity index is 2.21. The maximum atomic E-state index is 13.3. The van der Waals surface area contributed by atoms with Crippen LogP contribution in [0.2, 0.25) is 0 Å². The van der Waals surface area contributed by atoms with Crippen LogP contribution >= 0.6 is 0 Å². The van der Waals surface area contributed by atoms with Gasteiger partial charge in [-0.25, -0.2) is 9.78 Å². The number of pyridine rings is 1. The molecule has 0 aliphatic heterocycles. The molecule has 3 rings (SSSR count). The standard InChI is InChI=1S/C22H26N4O5/c1-6-9-26-19-18(21(28)25-22(26)29)14(11-16(23-19)12(2)3)20(27)24-15-8-7-13(30-4)10-17(15)31-5/h7-8,10-12H,6,9H2,1-5H3,(H,24,27)(H,25,28,29). The molecule has 0 saturated carbocycles. The number of aryl methyl sites for hydroxylation is 1. The summed E-state index contributed by atoms with van der Waals surface area (Å²) in [5.74, 6) is 0.458. The molecule has 0 bridgehead atoms. The molecule has 0 radical (unpaired) electrons. The van der Waals surface area contributed by atoms with Gasteiger partial charge in [0.15, 0.2) is 5.65 Å². The summed E-state index contributed by atoms with van der Waals surface area (Å²) in [5, 5.41) is 2.86. The predicted molar refractivity (Wildman–Crippen MR) is 119 cm³/mol. The number of anilines is 1. The molecular formula is C22H26N4O5. The zero-order chi connectivity index (χ0) is 22.7. The first-order valence-electron chi connectivity index (χ1n) is 10.0. The Labute approximate surface area is 179 Å². The molecule has 3 aromatic rings. The van der Waals surface area contributed by atoms with Crippen molar-refractivity contribution in [1.29, 1.82) is 0 Å². The van der Waals surface area contributed by atoms with Gasteiger partial charge in [-0.15, -0.1) is 0 Å². The number of hydrogen-bond acceptors (Lipinski definition) is 6. The topological polar surface area (TPSA) is 115 Å². The number of methoxy groups -OCH3 is 2. The van der Waals surface area contributed by atoms with Gasteiger partial charge in [-0.05, 0) is 30.5 Å². The molecule has 0 atom stereocenters. The van der Waals surface area contributed by atoms with Crippen molar-refractivity contribution in [2.24, 2.45) is 0 Å². The van der Waals surface area contributed by atoms with Gasteiger partial charge in [-0.2, -0.15) is 0 Å². The highest BCUT2D eigenvalue weighted by atomic mass is 16.5. The third kappa shape index (κ3) is 4.30. The van der Waals surface area contributed by atoms with Gasteiger partial charge in [0.05, 0.1) is 30.9 Å². The Morgan fingerprint density at radius 2 is 1.94 bits per heavy atom. The summed E-state index contributed by atoms with van der Waals surface area (Å²) in [6.45, 7) is 6.14. The van der Waals surface area contributed by atoms with Crippen molar-refractivity contribution in [2.45, 2.75) is 39.7 Å². The molecule has 0 fully saturated rings. The Bertz CT molecular complexity index is 1240. The van der Waals surface area contributed by atoms with E-state index in [-0.39, 0.29) is 22.5 Å². The molecule has 2 N–H and O–H groups in total. The average Bonchev–Trinajstić information content (AvgIpc) is 2.75. The van der Waals surface area contributed by atoms with Crippen molar-refractivity contribution >= 4 is 22.6 Å². The highest BCUT2D eigenvalue weighted by Gasteiger charge is 2.21. The van der Waals surface area contributed by atoms with Crippen molar-refractivity contribution in [3.8, 4) is 11.5 Å². The second kappa shape index (κ2) is 9.03. The van der Waals surface area contributed by atoms with Crippen LogP contribution in [0.15, 0.2) is 33.9 Å². The van der Waals surface area contributed by atoms with Crippen LogP contribution in [0.5, 0.6) is 11.5 Å². The molecule has 2 heterocycles. The van der Waals surface area contributed by atoms with Crippen LogP contribution in [0.25, 0.3) is 11.0 Å². The fraction of sp³-hybridized carbons (Fsp3) is 0.364. The molecule has 9 nitrogen and oxygen atoms in total. The predicted octanol–water partition coefficient (Wildman–Crippen LogP) is 2.89. The fourth-order valence-electron chi connectivity index (χ4n) is 3.29. The first kappa shape index (κ1) is 22.1. The highest BCUT2D eigenvalue weighted by molar-refractivity contribution is 6.12. The van der Waals surface area contributed by atoms with E-state index >= 15 is 0 Å². The van der Waals surface area contributed by atoms with Crippen LogP contribution in [0.4, 0.5) is 5.69 Å². The van der Waals surface area contributed by atoms with E-state index in [2.05, 4.69) is 15.3 Å². The van der Waals surface area contributed by atoms with Gasteiger partial charge in [0.1, 0.15) is 11.5 Å². The molecule has 9 heteroatoms. The minimum atomic E-state index is -0.651. The van der Waals surface area contributed by atoms with Gasteiger partial charge in [0.25, 0.3) is 11.5 Å². The van der Waals surface area contributed by atoms with E-state index in [1.54, 1.807) is 24.3 Å².